The van der Waals surface area contributed by atoms with Crippen LogP contribution in [0, 0.1) is 0 Å². The minimum Gasteiger partial charge on any atom is -0.383 e. The van der Waals surface area contributed by atoms with Gasteiger partial charge in [-0.15, -0.1) is 0 Å². The van der Waals surface area contributed by atoms with Crippen molar-refractivity contribution in [2.24, 2.45) is 5.73 Å². The van der Waals surface area contributed by atoms with Crippen LogP contribution in [-0.2, 0) is 22.4 Å². The summed E-state index contributed by atoms with van der Waals surface area (Å²) in [5, 5.41) is 0. The van der Waals surface area contributed by atoms with Gasteiger partial charge in [0.1, 0.15) is 5.82 Å². The van der Waals surface area contributed by atoms with Gasteiger partial charge in [-0.1, -0.05) is 13.3 Å². The maximum Gasteiger partial charge on any atom is 0.129 e. The lowest BCUT2D eigenvalue weighted by atomic mass is 10.1. The van der Waals surface area contributed by atoms with E-state index < -0.39 is 0 Å². The van der Waals surface area contributed by atoms with Crippen LogP contribution in [0.15, 0.2) is 12.1 Å². The largest absolute Gasteiger partial charge is 0.383 e. The maximum absolute atomic E-state index is 5.82. The number of aromatic nitrogens is 1. The summed E-state index contributed by atoms with van der Waals surface area (Å²) >= 11 is 0. The molecule has 120 valence electrons. The molecule has 0 bridgehead atoms. The lowest BCUT2D eigenvalue weighted by Gasteiger charge is -2.30. The molecule has 1 heterocycles. The summed E-state index contributed by atoms with van der Waals surface area (Å²) in [6, 6.07) is 4.41. The van der Waals surface area contributed by atoms with Crippen molar-refractivity contribution < 1.29 is 9.47 Å². The van der Waals surface area contributed by atoms with E-state index in [1.54, 1.807) is 14.2 Å². The van der Waals surface area contributed by atoms with Crippen LogP contribution in [0.4, 0.5) is 5.82 Å². The van der Waals surface area contributed by atoms with E-state index in [2.05, 4.69) is 30.9 Å². The summed E-state index contributed by atoms with van der Waals surface area (Å²) in [7, 11) is 3.43. The lowest BCUT2D eigenvalue weighted by molar-refractivity contribution is 0.170. The van der Waals surface area contributed by atoms with Gasteiger partial charge in [-0.25, -0.2) is 4.98 Å². The molecule has 2 N–H and O–H groups in total. The Balaban J connectivity index is 3.05. The molecule has 1 atom stereocenters. The fourth-order valence-corrected chi connectivity index (χ4v) is 2.36. The van der Waals surface area contributed by atoms with Crippen molar-refractivity contribution in [1.29, 1.82) is 0 Å². The number of methoxy groups -OCH3 is 2. The van der Waals surface area contributed by atoms with Gasteiger partial charge in [0.15, 0.2) is 0 Å². The number of rotatable bonds is 10. The summed E-state index contributed by atoms with van der Waals surface area (Å²) in [5.41, 5.74) is 8.04. The lowest BCUT2D eigenvalue weighted by Crippen LogP contribution is -2.39. The first-order valence-corrected chi connectivity index (χ1v) is 7.60. The third-order valence-corrected chi connectivity index (χ3v) is 3.44. The summed E-state index contributed by atoms with van der Waals surface area (Å²) in [4.78, 5) is 7.01. The zero-order valence-corrected chi connectivity index (χ0v) is 13.8. The molecule has 0 aliphatic heterocycles. The standard InChI is InChI=1S/C16H29N3O2/c1-5-6-15-9-14(11-17)10-16(18-15)19(7-8-20-3)13(2)12-21-4/h9-10,13H,5-8,11-12,17H2,1-4H3. The third-order valence-electron chi connectivity index (χ3n) is 3.44. The first kappa shape index (κ1) is 17.9. The minimum absolute atomic E-state index is 0.236. The van der Waals surface area contributed by atoms with E-state index >= 15 is 0 Å². The van der Waals surface area contributed by atoms with Crippen molar-refractivity contribution in [3.05, 3.63) is 23.4 Å². The second kappa shape index (κ2) is 9.71. The van der Waals surface area contributed by atoms with Crippen LogP contribution in [-0.4, -0.2) is 45.0 Å². The Labute approximate surface area is 128 Å². The molecule has 1 aromatic heterocycles. The first-order valence-electron chi connectivity index (χ1n) is 7.60. The zero-order chi connectivity index (χ0) is 15.7. The molecule has 1 aromatic rings. The third kappa shape index (κ3) is 5.61. The van der Waals surface area contributed by atoms with Crippen molar-refractivity contribution in [1.82, 2.24) is 4.98 Å². The molecule has 0 aliphatic carbocycles. The average molecular weight is 295 g/mol. The van der Waals surface area contributed by atoms with Crippen LogP contribution >= 0.6 is 0 Å². The molecule has 0 radical (unpaired) electrons. The molecular weight excluding hydrogens is 266 g/mol. The highest BCUT2D eigenvalue weighted by atomic mass is 16.5. The van der Waals surface area contributed by atoms with Gasteiger partial charge in [0.05, 0.1) is 19.3 Å². The number of nitrogens with zero attached hydrogens (tertiary/aromatic N) is 2. The Morgan fingerprint density at radius 2 is 2.05 bits per heavy atom. The molecule has 5 heteroatoms. The van der Waals surface area contributed by atoms with Crippen LogP contribution in [0.25, 0.3) is 0 Å². The highest BCUT2D eigenvalue weighted by Gasteiger charge is 2.17. The van der Waals surface area contributed by atoms with E-state index in [9.17, 15) is 0 Å². The van der Waals surface area contributed by atoms with Crippen LogP contribution in [0.1, 0.15) is 31.5 Å². The van der Waals surface area contributed by atoms with Gasteiger partial charge < -0.3 is 20.1 Å². The smallest absolute Gasteiger partial charge is 0.129 e. The Hall–Kier alpha value is -1.17. The SMILES string of the molecule is CCCc1cc(CN)cc(N(CCOC)C(C)COC)n1. The number of ether oxygens (including phenoxy) is 2. The summed E-state index contributed by atoms with van der Waals surface area (Å²) in [6.45, 7) is 6.92. The predicted molar refractivity (Wildman–Crippen MR) is 86.7 cm³/mol. The quantitative estimate of drug-likeness (QED) is 0.715. The van der Waals surface area contributed by atoms with Gasteiger partial charge in [-0.3, -0.25) is 0 Å². The Morgan fingerprint density at radius 1 is 1.29 bits per heavy atom. The van der Waals surface area contributed by atoms with Gasteiger partial charge in [-0.2, -0.15) is 0 Å². The van der Waals surface area contributed by atoms with E-state index in [-0.39, 0.29) is 6.04 Å². The van der Waals surface area contributed by atoms with Gasteiger partial charge in [0.2, 0.25) is 0 Å². The Bertz CT molecular complexity index is 413. The molecule has 1 unspecified atom stereocenters. The number of aryl methyl sites for hydroxylation is 1. The summed E-state index contributed by atoms with van der Waals surface area (Å²) < 4.78 is 10.5. The van der Waals surface area contributed by atoms with Crippen LogP contribution in [0.2, 0.25) is 0 Å². The van der Waals surface area contributed by atoms with Crippen LogP contribution in [0.5, 0.6) is 0 Å². The maximum atomic E-state index is 5.82. The van der Waals surface area contributed by atoms with Gasteiger partial charge in [-0.05, 0) is 31.0 Å². The van der Waals surface area contributed by atoms with E-state index in [0.717, 1.165) is 36.5 Å². The average Bonchev–Trinajstić information content (AvgIpc) is 2.48. The zero-order valence-electron chi connectivity index (χ0n) is 13.8. The monoisotopic (exact) mass is 295 g/mol. The van der Waals surface area contributed by atoms with E-state index in [4.69, 9.17) is 20.2 Å². The van der Waals surface area contributed by atoms with Gasteiger partial charge >= 0.3 is 0 Å². The molecule has 0 aromatic carbocycles. The molecule has 0 saturated carbocycles. The van der Waals surface area contributed by atoms with E-state index in [0.29, 0.717) is 19.8 Å². The molecule has 0 fully saturated rings. The number of pyridine rings is 1. The van der Waals surface area contributed by atoms with E-state index in [1.807, 2.05) is 0 Å². The van der Waals surface area contributed by atoms with Crippen molar-refractivity contribution in [3.63, 3.8) is 0 Å². The van der Waals surface area contributed by atoms with Crippen molar-refractivity contribution in [2.75, 3.05) is 38.9 Å². The van der Waals surface area contributed by atoms with E-state index in [1.165, 1.54) is 0 Å². The summed E-state index contributed by atoms with van der Waals surface area (Å²) in [5.74, 6) is 0.961. The second-order valence-electron chi connectivity index (χ2n) is 5.27. The molecule has 0 aliphatic rings. The second-order valence-corrected chi connectivity index (χ2v) is 5.27. The topological polar surface area (TPSA) is 60.6 Å². The highest BCUT2D eigenvalue weighted by Crippen LogP contribution is 2.18. The Morgan fingerprint density at radius 3 is 2.62 bits per heavy atom. The molecule has 0 spiro atoms. The number of nitrogens with two attached hydrogens (primary N) is 1. The van der Waals surface area contributed by atoms with Gasteiger partial charge in [0, 0.05) is 33.0 Å². The fraction of sp³-hybridized carbons (Fsp3) is 0.688. The molecule has 21 heavy (non-hydrogen) atoms. The summed E-state index contributed by atoms with van der Waals surface area (Å²) in [6.07, 6.45) is 2.05. The number of hydrogen-bond acceptors (Lipinski definition) is 5. The fourth-order valence-electron chi connectivity index (χ4n) is 2.36. The minimum atomic E-state index is 0.236. The van der Waals surface area contributed by atoms with Crippen LogP contribution in [0.3, 0.4) is 0 Å². The molecule has 1 rings (SSSR count). The number of anilines is 1. The Kier molecular flexibility index (Phi) is 8.27. The highest BCUT2D eigenvalue weighted by molar-refractivity contribution is 5.44. The molecule has 0 amide bonds. The number of hydrogen-bond donors (Lipinski definition) is 1. The molecule has 0 saturated heterocycles. The molecular formula is C16H29N3O2. The first-order chi connectivity index (χ1) is 10.2. The predicted octanol–water partition coefficient (Wildman–Crippen LogP) is 1.98. The molecule has 5 nitrogen and oxygen atoms in total. The van der Waals surface area contributed by atoms with Crippen molar-refractivity contribution >= 4 is 5.82 Å². The van der Waals surface area contributed by atoms with Gasteiger partial charge in [0.25, 0.3) is 0 Å². The van der Waals surface area contributed by atoms with Crippen LogP contribution < -0.4 is 10.6 Å². The van der Waals surface area contributed by atoms with Crippen molar-refractivity contribution in [3.8, 4) is 0 Å². The van der Waals surface area contributed by atoms with Crippen molar-refractivity contribution in [2.45, 2.75) is 39.3 Å². The normalized spacial score (nSPS) is 12.4.